The molecule has 1 aliphatic heterocycles. The maximum Gasteiger partial charge on any atom is 0.0641 e. The van der Waals surface area contributed by atoms with Gasteiger partial charge in [0.2, 0.25) is 0 Å². The third kappa shape index (κ3) is 3.82. The van der Waals surface area contributed by atoms with Gasteiger partial charge in [-0.2, -0.15) is 5.26 Å². The van der Waals surface area contributed by atoms with E-state index in [1.165, 1.54) is 18.4 Å². The predicted molar refractivity (Wildman–Crippen MR) is 82.3 cm³/mol. The van der Waals surface area contributed by atoms with E-state index in [0.717, 1.165) is 26.1 Å². The molecule has 1 aromatic carbocycles. The number of nitrogens with zero attached hydrogens (tertiary/aromatic N) is 2. The molecule has 1 aromatic rings. The molecule has 1 unspecified atom stereocenters. The molecule has 0 bridgehead atoms. The fourth-order valence-corrected chi connectivity index (χ4v) is 3.18. The average Bonchev–Trinajstić information content (AvgIpc) is 2.52. The van der Waals surface area contributed by atoms with Gasteiger partial charge in [-0.1, -0.05) is 37.3 Å². The van der Waals surface area contributed by atoms with Gasteiger partial charge in [0.25, 0.3) is 0 Å². The summed E-state index contributed by atoms with van der Waals surface area (Å²) in [5.41, 5.74) is 1.28. The highest BCUT2D eigenvalue weighted by Crippen LogP contribution is 2.29. The molecular formula is C17H25N3. The first-order valence-corrected chi connectivity index (χ1v) is 7.75. The molecule has 3 heteroatoms. The van der Waals surface area contributed by atoms with Crippen molar-refractivity contribution in [3.63, 3.8) is 0 Å². The molecule has 108 valence electrons. The van der Waals surface area contributed by atoms with E-state index < -0.39 is 0 Å². The van der Waals surface area contributed by atoms with Gasteiger partial charge in [-0.05, 0) is 44.5 Å². The molecule has 0 amide bonds. The lowest BCUT2D eigenvalue weighted by Gasteiger charge is -2.39. The number of nitrogens with one attached hydrogen (secondary N) is 1. The largest absolute Gasteiger partial charge is 0.317 e. The number of hydrogen-bond donors (Lipinski definition) is 1. The number of hydrogen-bond acceptors (Lipinski definition) is 3. The summed E-state index contributed by atoms with van der Waals surface area (Å²) in [7, 11) is 0. The molecule has 2 rings (SSSR count). The number of piperidine rings is 1. The smallest absolute Gasteiger partial charge is 0.0641 e. The Bertz CT molecular complexity index is 418. The van der Waals surface area contributed by atoms with Gasteiger partial charge in [-0.25, -0.2) is 0 Å². The van der Waals surface area contributed by atoms with Crippen LogP contribution in [0.1, 0.15) is 44.2 Å². The van der Waals surface area contributed by atoms with Gasteiger partial charge in [0.05, 0.1) is 12.5 Å². The molecular weight excluding hydrogens is 246 g/mol. The van der Waals surface area contributed by atoms with Crippen molar-refractivity contribution in [2.75, 3.05) is 19.6 Å². The Hall–Kier alpha value is -1.37. The summed E-state index contributed by atoms with van der Waals surface area (Å²) in [4.78, 5) is 2.57. The molecule has 1 atom stereocenters. The highest BCUT2D eigenvalue weighted by atomic mass is 15.2. The molecule has 1 fully saturated rings. The molecule has 1 N–H and O–H groups in total. The Morgan fingerprint density at radius 2 is 2.00 bits per heavy atom. The van der Waals surface area contributed by atoms with Gasteiger partial charge >= 0.3 is 0 Å². The van der Waals surface area contributed by atoms with E-state index in [1.807, 2.05) is 6.07 Å². The Morgan fingerprint density at radius 3 is 2.60 bits per heavy atom. The zero-order valence-electron chi connectivity index (χ0n) is 12.4. The summed E-state index contributed by atoms with van der Waals surface area (Å²) in [6.07, 6.45) is 4.09. The van der Waals surface area contributed by atoms with E-state index in [-0.39, 0.29) is 6.04 Å². The maximum absolute atomic E-state index is 9.22. The van der Waals surface area contributed by atoms with Crippen molar-refractivity contribution >= 4 is 0 Å². The van der Waals surface area contributed by atoms with E-state index in [4.69, 9.17) is 0 Å². The molecule has 1 saturated heterocycles. The second-order valence-electron chi connectivity index (χ2n) is 5.51. The van der Waals surface area contributed by atoms with Crippen LogP contribution in [0.15, 0.2) is 30.3 Å². The van der Waals surface area contributed by atoms with Crippen LogP contribution in [0.5, 0.6) is 0 Å². The molecule has 1 aliphatic rings. The van der Waals surface area contributed by atoms with E-state index >= 15 is 0 Å². The molecule has 0 aromatic heterocycles. The zero-order valence-corrected chi connectivity index (χ0v) is 12.4. The minimum atomic E-state index is 0.240. The topological polar surface area (TPSA) is 39.1 Å². The van der Waals surface area contributed by atoms with Gasteiger partial charge < -0.3 is 5.32 Å². The fraction of sp³-hybridized carbons (Fsp3) is 0.588. The molecule has 0 radical (unpaired) electrons. The zero-order chi connectivity index (χ0) is 14.2. The normalized spacial score (nSPS) is 17.9. The minimum Gasteiger partial charge on any atom is -0.317 e. The first-order valence-electron chi connectivity index (χ1n) is 7.75. The predicted octanol–water partition coefficient (Wildman–Crippen LogP) is 3.11. The SMILES string of the molecule is CCCN(C1CCNCC1)C(CC#N)c1ccccc1. The van der Waals surface area contributed by atoms with Crippen LogP contribution in [0.25, 0.3) is 0 Å². The van der Waals surface area contributed by atoms with Crippen molar-refractivity contribution in [3.05, 3.63) is 35.9 Å². The van der Waals surface area contributed by atoms with Crippen LogP contribution in [0.3, 0.4) is 0 Å². The van der Waals surface area contributed by atoms with Crippen LogP contribution >= 0.6 is 0 Å². The number of benzene rings is 1. The lowest BCUT2D eigenvalue weighted by Crippen LogP contribution is -2.45. The molecule has 0 saturated carbocycles. The van der Waals surface area contributed by atoms with Crippen molar-refractivity contribution in [3.8, 4) is 6.07 Å². The standard InChI is InChI=1S/C17H25N3/c1-2-14-20(16-9-12-19-13-10-16)17(8-11-18)15-6-4-3-5-7-15/h3-7,16-17,19H,2,8-10,12-14H2,1H3. The molecule has 0 aliphatic carbocycles. The van der Waals surface area contributed by atoms with Gasteiger partial charge in [-0.15, -0.1) is 0 Å². The fourth-order valence-electron chi connectivity index (χ4n) is 3.18. The first-order chi connectivity index (χ1) is 9.86. The summed E-state index contributed by atoms with van der Waals surface area (Å²) in [6.45, 7) is 5.49. The van der Waals surface area contributed by atoms with Crippen LogP contribution in [-0.4, -0.2) is 30.6 Å². The van der Waals surface area contributed by atoms with E-state index in [9.17, 15) is 5.26 Å². The van der Waals surface area contributed by atoms with E-state index in [2.05, 4.69) is 47.5 Å². The first kappa shape index (κ1) is 15.0. The lowest BCUT2D eigenvalue weighted by atomic mass is 9.96. The quantitative estimate of drug-likeness (QED) is 0.864. The summed E-state index contributed by atoms with van der Waals surface area (Å²) >= 11 is 0. The van der Waals surface area contributed by atoms with Crippen LogP contribution in [0.2, 0.25) is 0 Å². The van der Waals surface area contributed by atoms with E-state index in [0.29, 0.717) is 12.5 Å². The van der Waals surface area contributed by atoms with Crippen LogP contribution in [0, 0.1) is 11.3 Å². The number of nitriles is 1. The minimum absolute atomic E-state index is 0.240. The Balaban J connectivity index is 2.20. The molecule has 1 heterocycles. The molecule has 20 heavy (non-hydrogen) atoms. The van der Waals surface area contributed by atoms with Crippen molar-refractivity contribution in [1.82, 2.24) is 10.2 Å². The van der Waals surface area contributed by atoms with Crippen molar-refractivity contribution in [2.24, 2.45) is 0 Å². The monoisotopic (exact) mass is 271 g/mol. The van der Waals surface area contributed by atoms with Crippen LogP contribution in [0.4, 0.5) is 0 Å². The summed E-state index contributed by atoms with van der Waals surface area (Å²) in [5, 5.41) is 12.7. The maximum atomic E-state index is 9.22. The third-order valence-electron chi connectivity index (χ3n) is 4.13. The second kappa shape index (κ2) is 8.04. The summed E-state index contributed by atoms with van der Waals surface area (Å²) in [6, 6.07) is 13.7. The Kier molecular flexibility index (Phi) is 6.04. The van der Waals surface area contributed by atoms with Crippen molar-refractivity contribution in [1.29, 1.82) is 5.26 Å². The Morgan fingerprint density at radius 1 is 1.30 bits per heavy atom. The molecule has 3 nitrogen and oxygen atoms in total. The second-order valence-corrected chi connectivity index (χ2v) is 5.51. The third-order valence-corrected chi connectivity index (χ3v) is 4.13. The van der Waals surface area contributed by atoms with Crippen LogP contribution < -0.4 is 5.32 Å². The van der Waals surface area contributed by atoms with Crippen molar-refractivity contribution < 1.29 is 0 Å². The highest BCUT2D eigenvalue weighted by Gasteiger charge is 2.27. The van der Waals surface area contributed by atoms with Gasteiger partial charge in [0.15, 0.2) is 0 Å². The summed E-state index contributed by atoms with van der Waals surface area (Å²) in [5.74, 6) is 0. The number of rotatable bonds is 6. The van der Waals surface area contributed by atoms with E-state index in [1.54, 1.807) is 0 Å². The summed E-state index contributed by atoms with van der Waals surface area (Å²) < 4.78 is 0. The average molecular weight is 271 g/mol. The van der Waals surface area contributed by atoms with Crippen LogP contribution in [-0.2, 0) is 0 Å². The highest BCUT2D eigenvalue weighted by molar-refractivity contribution is 5.20. The molecule has 0 spiro atoms. The van der Waals surface area contributed by atoms with Gasteiger partial charge in [0.1, 0.15) is 0 Å². The van der Waals surface area contributed by atoms with Crippen molar-refractivity contribution in [2.45, 2.75) is 44.7 Å². The van der Waals surface area contributed by atoms with Gasteiger partial charge in [0, 0.05) is 12.1 Å². The van der Waals surface area contributed by atoms with Gasteiger partial charge in [-0.3, -0.25) is 4.90 Å². The Labute approximate surface area is 122 Å². The lowest BCUT2D eigenvalue weighted by molar-refractivity contribution is 0.109.